The van der Waals surface area contributed by atoms with Crippen molar-refractivity contribution in [1.29, 1.82) is 0 Å². The number of benzene rings is 9. The van der Waals surface area contributed by atoms with Gasteiger partial charge in [-0.15, -0.1) is 0 Å². The number of hydrogen-bond acceptors (Lipinski definition) is 9. The maximum absolute atomic E-state index is 5.41. The minimum absolute atomic E-state index is 0.879. The van der Waals surface area contributed by atoms with E-state index in [2.05, 4.69) is 205 Å². The van der Waals surface area contributed by atoms with Crippen molar-refractivity contribution in [2.24, 2.45) is 0 Å². The molecule has 0 unspecified atom stereocenters. The van der Waals surface area contributed by atoms with Crippen LogP contribution in [-0.4, -0.2) is 58.1 Å². The summed E-state index contributed by atoms with van der Waals surface area (Å²) in [5.74, 6) is 0. The molecule has 12 aromatic heterocycles. The van der Waals surface area contributed by atoms with Crippen molar-refractivity contribution in [3.63, 3.8) is 0 Å². The molecule has 0 amide bonds. The summed E-state index contributed by atoms with van der Waals surface area (Å²) in [6.45, 7) is 0. The predicted molar refractivity (Wildman–Crippen MR) is 419 cm³/mol. The number of fused-ring (bicyclic) bond motifs is 50. The fourth-order valence-electron chi connectivity index (χ4n) is 19.7. The second kappa shape index (κ2) is 20.5. The van der Waals surface area contributed by atoms with Crippen LogP contribution >= 0.6 is 0 Å². The number of rotatable bonds is 0. The molecule has 12 nitrogen and oxygen atoms in total. The Morgan fingerprint density at radius 1 is 0.219 bits per heavy atom. The van der Waals surface area contributed by atoms with E-state index in [9.17, 15) is 0 Å². The smallest absolute Gasteiger partial charge is 0.166 e. The summed E-state index contributed by atoms with van der Waals surface area (Å²) in [5, 5.41) is 6.46. The van der Waals surface area contributed by atoms with Crippen LogP contribution < -0.4 is 0 Å². The molecule has 105 heavy (non-hydrogen) atoms. The van der Waals surface area contributed by atoms with E-state index in [-0.39, 0.29) is 0 Å². The maximum Gasteiger partial charge on any atom is 0.166 e. The first kappa shape index (κ1) is 56.0. The van der Waals surface area contributed by atoms with E-state index in [4.69, 9.17) is 34.9 Å². The zero-order chi connectivity index (χ0) is 68.0. The lowest BCUT2D eigenvalue weighted by molar-refractivity contribution is 1.17. The summed E-state index contributed by atoms with van der Waals surface area (Å²) >= 11 is 0. The lowest BCUT2D eigenvalue weighted by Gasteiger charge is -2.13. The van der Waals surface area contributed by atoms with Gasteiger partial charge in [0, 0.05) is 113 Å². The van der Waals surface area contributed by atoms with E-state index >= 15 is 0 Å². The van der Waals surface area contributed by atoms with E-state index in [1.807, 2.05) is 73.8 Å². The van der Waals surface area contributed by atoms with Crippen molar-refractivity contribution in [3.8, 4) is 66.8 Å². The first-order chi connectivity index (χ1) is 52.1. The van der Waals surface area contributed by atoms with Crippen LogP contribution in [0.1, 0.15) is 66.8 Å². The summed E-state index contributed by atoms with van der Waals surface area (Å²) in [6.07, 6.45) is 20.7. The first-order valence-corrected chi connectivity index (χ1v) is 36.2. The van der Waals surface area contributed by atoms with Gasteiger partial charge in [-0.25, -0.2) is 19.9 Å². The van der Waals surface area contributed by atoms with Gasteiger partial charge in [0.05, 0.1) is 55.2 Å². The molecule has 21 aromatic rings. The fourth-order valence-corrected chi connectivity index (χ4v) is 19.7. The van der Waals surface area contributed by atoms with E-state index in [1.165, 1.54) is 145 Å². The molecular weight excluding hydrogens is 1290 g/mol. The topological polar surface area (TPSA) is 129 Å². The van der Waals surface area contributed by atoms with Crippen molar-refractivity contribution < 1.29 is 0 Å². The van der Waals surface area contributed by atoms with Crippen molar-refractivity contribution in [2.45, 2.75) is 38.5 Å². The van der Waals surface area contributed by atoms with Crippen LogP contribution in [0.25, 0.3) is 182 Å². The van der Waals surface area contributed by atoms with Crippen molar-refractivity contribution in [3.05, 3.63) is 323 Å². The average molecular weight is 1340 g/mol. The molecule has 12 heterocycles. The third kappa shape index (κ3) is 7.36. The highest BCUT2D eigenvalue weighted by Gasteiger charge is 2.38. The Morgan fingerprint density at radius 2 is 0.648 bits per heavy atom. The largest absolute Gasteiger partial charge is 0.290 e. The monoisotopic (exact) mass is 1340 g/mol. The Balaban J connectivity index is 0.0000000914. The van der Waals surface area contributed by atoms with Crippen LogP contribution in [0, 0.1) is 0 Å². The van der Waals surface area contributed by atoms with Crippen LogP contribution in [0.2, 0.25) is 0 Å². The highest BCUT2D eigenvalue weighted by atomic mass is 15.1. The van der Waals surface area contributed by atoms with Gasteiger partial charge in [-0.3, -0.25) is 38.1 Å². The van der Waals surface area contributed by atoms with Crippen LogP contribution in [0.5, 0.6) is 0 Å². The van der Waals surface area contributed by atoms with Gasteiger partial charge in [-0.05, 0) is 201 Å². The Hall–Kier alpha value is -13.7. The first-order valence-electron chi connectivity index (χ1n) is 36.2. The van der Waals surface area contributed by atoms with E-state index in [0.29, 0.717) is 0 Å². The number of hydrogen-bond donors (Lipinski definition) is 0. The Bertz CT molecular complexity index is 7620. The summed E-state index contributed by atoms with van der Waals surface area (Å²) in [5.41, 5.74) is 48.8. The van der Waals surface area contributed by atoms with Gasteiger partial charge in [0.2, 0.25) is 0 Å². The number of aromatic nitrogens is 12. The van der Waals surface area contributed by atoms with E-state index in [0.717, 1.165) is 143 Å². The standard InChI is InChI=1S/3C31H18N4/c1-3-8-19-18(7-1)15-23-26(19)22-14-17-6-2-4-9-20(17)27(22)30-29(23)34-31-21-11-13-32-16-24(21)28-25(35(30)31)10-5-12-33-28;1-3-8-19-17(6-1)14-22-26(19)27-20-9-4-2-7-18(20)15-23(27)30-29(22)34-31-21-11-13-32-16-24(21)28-25(35(30)31)10-5-12-33-28;1-2-6-18-17(5-1)15-24-19(18)9-10-20-21-11-12-27-28(26(21)16-25(20)24)34-31-29-22(7-3-13-32-29)23-8-4-14-33-30(23)35(27)31/h2*1-13,16H,14-15H2;1-14H,15-16H2. The highest BCUT2D eigenvalue weighted by molar-refractivity contribution is 6.18. The molecule has 0 aliphatic heterocycles. The molecule has 27 rings (SSSR count). The van der Waals surface area contributed by atoms with Crippen LogP contribution in [0.4, 0.5) is 0 Å². The van der Waals surface area contributed by atoms with Gasteiger partial charge >= 0.3 is 0 Å². The fraction of sp³-hybridized carbons (Fsp3) is 0.0645. The third-order valence-electron chi connectivity index (χ3n) is 23.9. The van der Waals surface area contributed by atoms with Crippen molar-refractivity contribution in [1.82, 2.24) is 58.1 Å². The molecule has 12 heteroatoms. The zero-order valence-electron chi connectivity index (χ0n) is 56.4. The van der Waals surface area contributed by atoms with Crippen molar-refractivity contribution >= 4 is 116 Å². The Morgan fingerprint density at radius 3 is 1.30 bits per heavy atom. The average Bonchev–Trinajstić information content (AvgIpc) is 1.54. The second-order valence-electron chi connectivity index (χ2n) is 28.9. The van der Waals surface area contributed by atoms with Gasteiger partial charge in [0.1, 0.15) is 22.5 Å². The molecule has 0 atom stereocenters. The summed E-state index contributed by atoms with van der Waals surface area (Å²) in [7, 11) is 0. The van der Waals surface area contributed by atoms with Crippen LogP contribution in [0.3, 0.4) is 0 Å². The van der Waals surface area contributed by atoms with Crippen LogP contribution in [-0.2, 0) is 38.5 Å². The maximum atomic E-state index is 5.41. The number of imidazole rings is 3. The van der Waals surface area contributed by atoms with Crippen LogP contribution in [0.15, 0.2) is 256 Å². The number of nitrogens with zero attached hydrogens (tertiary/aromatic N) is 12. The van der Waals surface area contributed by atoms with E-state index in [1.54, 1.807) is 0 Å². The van der Waals surface area contributed by atoms with E-state index < -0.39 is 0 Å². The molecule has 0 saturated heterocycles. The molecule has 0 spiro atoms. The van der Waals surface area contributed by atoms with Gasteiger partial charge < -0.3 is 0 Å². The minimum Gasteiger partial charge on any atom is -0.290 e. The predicted octanol–water partition coefficient (Wildman–Crippen LogP) is 20.2. The van der Waals surface area contributed by atoms with Gasteiger partial charge in [0.15, 0.2) is 5.65 Å². The molecule has 9 aromatic carbocycles. The molecule has 6 aliphatic rings. The molecule has 0 bridgehead atoms. The Kier molecular flexibility index (Phi) is 10.9. The molecule has 486 valence electrons. The van der Waals surface area contributed by atoms with Gasteiger partial charge in [0.25, 0.3) is 0 Å². The Labute approximate surface area is 598 Å². The minimum atomic E-state index is 0.879. The summed E-state index contributed by atoms with van der Waals surface area (Å²) < 4.78 is 6.93. The van der Waals surface area contributed by atoms with Gasteiger partial charge in [-0.1, -0.05) is 146 Å². The highest BCUT2D eigenvalue weighted by Crippen LogP contribution is 2.56. The normalized spacial score (nSPS) is 13.5. The lowest BCUT2D eigenvalue weighted by atomic mass is 9.92. The SMILES string of the molecule is c1ccc2c(c1)Cc1c-2c2c(c3c1nc1c4ccncc4c4ncccc4n13)-c1ccccc1C2.c1ccc2c(c1)Cc1c-2c2c(c3c1nc1c4ccncc4c4ncccc4n13)Cc1ccccc1-2.c1ccc2c(c1)Cc1c-2ccc2c1Cc1c-2ccc2c1nc1c3ncccc3c3cccnc3n21. The summed E-state index contributed by atoms with van der Waals surface area (Å²) in [6, 6.07) is 74.2. The molecule has 0 radical (unpaired) electrons. The molecule has 6 aliphatic carbocycles. The quantitative estimate of drug-likeness (QED) is 0.136. The molecule has 0 saturated carbocycles. The zero-order valence-corrected chi connectivity index (χ0v) is 56.4. The number of pyridine rings is 9. The lowest BCUT2D eigenvalue weighted by Crippen LogP contribution is -1.97. The van der Waals surface area contributed by atoms with Gasteiger partial charge in [-0.2, -0.15) is 0 Å². The molecule has 0 fully saturated rings. The molecule has 0 N–H and O–H groups in total. The third-order valence-corrected chi connectivity index (χ3v) is 23.9. The van der Waals surface area contributed by atoms with Crippen molar-refractivity contribution in [2.75, 3.05) is 0 Å². The second-order valence-corrected chi connectivity index (χ2v) is 28.9. The molecular formula is C93H54N12. The summed E-state index contributed by atoms with van der Waals surface area (Å²) in [4.78, 5) is 44.0.